The Morgan fingerprint density at radius 3 is 2.28 bits per heavy atom. The van der Waals surface area contributed by atoms with Gasteiger partial charge in [0.05, 0.1) is 5.56 Å². The molecule has 0 saturated heterocycles. The predicted octanol–water partition coefficient (Wildman–Crippen LogP) is 7.32. The van der Waals surface area contributed by atoms with Gasteiger partial charge in [0.1, 0.15) is 0 Å². The quantitative estimate of drug-likeness (QED) is 0.388. The predicted molar refractivity (Wildman–Crippen MR) is 108 cm³/mol. The molecule has 0 unspecified atom stereocenters. The van der Waals surface area contributed by atoms with E-state index in [2.05, 4.69) is 6.92 Å². The fourth-order valence-corrected chi connectivity index (χ4v) is 4.58. The summed E-state index contributed by atoms with van der Waals surface area (Å²) in [6, 6.07) is 6.66. The highest BCUT2D eigenvalue weighted by Gasteiger charge is 2.28. The third-order valence-electron chi connectivity index (χ3n) is 6.10. The van der Waals surface area contributed by atoms with Crippen LogP contribution in [0.5, 0.6) is 0 Å². The van der Waals surface area contributed by atoms with Crippen molar-refractivity contribution in [2.75, 3.05) is 0 Å². The summed E-state index contributed by atoms with van der Waals surface area (Å²) in [7, 11) is 0. The molecule has 2 aromatic carbocycles. The molecule has 0 atom stereocenters. The van der Waals surface area contributed by atoms with Crippen molar-refractivity contribution in [2.24, 2.45) is 5.92 Å². The second kappa shape index (κ2) is 9.47. The van der Waals surface area contributed by atoms with Crippen LogP contribution < -0.4 is 0 Å². The number of halogens is 3. The lowest BCUT2D eigenvalue weighted by Gasteiger charge is -2.31. The summed E-state index contributed by atoms with van der Waals surface area (Å²) >= 11 is 0. The van der Waals surface area contributed by atoms with Crippen molar-refractivity contribution in [1.82, 2.24) is 0 Å². The largest absolute Gasteiger partial charge is 0.478 e. The molecule has 0 heterocycles. The lowest BCUT2D eigenvalue weighted by Crippen LogP contribution is -2.17. The molecule has 5 heteroatoms. The Kier molecular flexibility index (Phi) is 6.99. The molecule has 0 aliphatic heterocycles. The van der Waals surface area contributed by atoms with Gasteiger partial charge >= 0.3 is 5.97 Å². The lowest BCUT2D eigenvalue weighted by atomic mass is 9.74. The molecule has 0 spiro atoms. The average molecular weight is 404 g/mol. The van der Waals surface area contributed by atoms with Gasteiger partial charge < -0.3 is 5.11 Å². The van der Waals surface area contributed by atoms with Crippen LogP contribution in [0.15, 0.2) is 30.3 Å². The fraction of sp³-hybridized carbons (Fsp3) is 0.458. The first-order valence-electron chi connectivity index (χ1n) is 10.4. The highest BCUT2D eigenvalue weighted by molar-refractivity contribution is 5.92. The molecule has 1 fully saturated rings. The molecule has 1 N–H and O–H groups in total. The molecule has 0 radical (unpaired) electrons. The maximum absolute atomic E-state index is 13.8. The summed E-state index contributed by atoms with van der Waals surface area (Å²) in [6.07, 6.45) is 8.57. The van der Waals surface area contributed by atoms with Crippen molar-refractivity contribution in [3.8, 4) is 11.1 Å². The van der Waals surface area contributed by atoms with Crippen LogP contribution >= 0.6 is 0 Å². The molecule has 0 aromatic heterocycles. The molecule has 2 nitrogen and oxygen atoms in total. The van der Waals surface area contributed by atoms with Crippen molar-refractivity contribution >= 4 is 5.97 Å². The second-order valence-electron chi connectivity index (χ2n) is 8.04. The number of hydrogen-bond acceptors (Lipinski definition) is 1. The highest BCUT2D eigenvalue weighted by atomic mass is 19.2. The van der Waals surface area contributed by atoms with Gasteiger partial charge in [0.25, 0.3) is 0 Å². The molecular weight excluding hydrogens is 377 g/mol. The number of benzene rings is 2. The number of carboxylic acid groups (broad SMARTS) is 1. The summed E-state index contributed by atoms with van der Waals surface area (Å²) in [6.45, 7) is 2.18. The Bertz CT molecular complexity index is 847. The molecule has 3 rings (SSSR count). The van der Waals surface area contributed by atoms with Crippen molar-refractivity contribution < 1.29 is 23.1 Å². The van der Waals surface area contributed by atoms with Gasteiger partial charge in [-0.25, -0.2) is 18.0 Å². The third kappa shape index (κ3) is 4.82. The normalized spacial score (nSPS) is 19.3. The Hall–Kier alpha value is -2.30. The number of rotatable bonds is 7. The molecular formula is C24H27F3O2. The van der Waals surface area contributed by atoms with Gasteiger partial charge in [0, 0.05) is 0 Å². The molecule has 1 saturated carbocycles. The zero-order chi connectivity index (χ0) is 21.0. The first-order chi connectivity index (χ1) is 13.9. The van der Waals surface area contributed by atoms with Crippen molar-refractivity contribution in [1.29, 1.82) is 0 Å². The van der Waals surface area contributed by atoms with Crippen molar-refractivity contribution in [3.05, 3.63) is 58.9 Å². The maximum Gasteiger partial charge on any atom is 0.335 e. The number of hydrogen-bond donors (Lipinski definition) is 1. The summed E-state index contributed by atoms with van der Waals surface area (Å²) in [5.41, 5.74) is 1.40. The summed E-state index contributed by atoms with van der Waals surface area (Å²) < 4.78 is 41.1. The van der Waals surface area contributed by atoms with Crippen LogP contribution in [0.4, 0.5) is 13.2 Å². The van der Waals surface area contributed by atoms with E-state index in [9.17, 15) is 23.1 Å². The van der Waals surface area contributed by atoms with Crippen LogP contribution in [0.3, 0.4) is 0 Å². The van der Waals surface area contributed by atoms with E-state index in [1.165, 1.54) is 31.7 Å². The lowest BCUT2D eigenvalue weighted by molar-refractivity contribution is 0.0694. The van der Waals surface area contributed by atoms with Gasteiger partial charge in [-0.3, -0.25) is 0 Å². The Morgan fingerprint density at radius 2 is 1.69 bits per heavy atom. The van der Waals surface area contributed by atoms with Crippen LogP contribution in [0.1, 0.15) is 80.1 Å². The minimum absolute atomic E-state index is 0.0101. The molecule has 2 aromatic rings. The zero-order valence-electron chi connectivity index (χ0n) is 16.7. The van der Waals surface area contributed by atoms with E-state index in [0.717, 1.165) is 37.8 Å². The van der Waals surface area contributed by atoms with E-state index < -0.39 is 23.4 Å². The first kappa shape index (κ1) is 21.4. The zero-order valence-corrected chi connectivity index (χ0v) is 16.7. The molecule has 0 amide bonds. The molecule has 156 valence electrons. The van der Waals surface area contributed by atoms with E-state index in [-0.39, 0.29) is 17.0 Å². The molecule has 1 aliphatic rings. The van der Waals surface area contributed by atoms with Gasteiger partial charge in [-0.2, -0.15) is 0 Å². The summed E-state index contributed by atoms with van der Waals surface area (Å²) in [4.78, 5) is 11.9. The van der Waals surface area contributed by atoms with Crippen LogP contribution in [0.2, 0.25) is 0 Å². The average Bonchev–Trinajstić information content (AvgIpc) is 2.72. The highest BCUT2D eigenvalue weighted by Crippen LogP contribution is 2.43. The number of carbonyl (C=O) groups is 1. The van der Waals surface area contributed by atoms with Crippen LogP contribution in [0, 0.1) is 23.4 Å². The van der Waals surface area contributed by atoms with E-state index in [4.69, 9.17) is 0 Å². The Morgan fingerprint density at radius 1 is 1.03 bits per heavy atom. The SMILES string of the molecule is CCCCC[C@H]1CC[C@H](c2c(C(=O)O)cccc2-c2cc(F)c(F)c(F)c2)CC1. The van der Waals surface area contributed by atoms with Crippen molar-refractivity contribution in [3.63, 3.8) is 0 Å². The van der Waals surface area contributed by atoms with Gasteiger partial charge in [-0.15, -0.1) is 0 Å². The monoisotopic (exact) mass is 404 g/mol. The molecule has 1 aliphatic carbocycles. The number of unbranched alkanes of at least 4 members (excludes halogenated alkanes) is 2. The van der Waals surface area contributed by atoms with E-state index in [1.54, 1.807) is 12.1 Å². The molecule has 29 heavy (non-hydrogen) atoms. The van der Waals surface area contributed by atoms with Crippen LogP contribution in [0.25, 0.3) is 11.1 Å². The van der Waals surface area contributed by atoms with Gasteiger partial charge in [-0.1, -0.05) is 44.7 Å². The standard InChI is InChI=1S/C24H27F3O2/c1-2-3-4-6-15-9-11-16(12-10-15)22-18(7-5-8-19(22)24(28)29)17-13-20(25)23(27)21(26)14-17/h5,7-8,13-16H,2-4,6,9-12H2,1H3,(H,28,29)/t15-,16-. The second-order valence-corrected chi connectivity index (χ2v) is 8.04. The maximum atomic E-state index is 13.8. The topological polar surface area (TPSA) is 37.3 Å². The van der Waals surface area contributed by atoms with Crippen LogP contribution in [-0.2, 0) is 0 Å². The fourth-order valence-electron chi connectivity index (χ4n) is 4.58. The minimum atomic E-state index is -1.52. The summed E-state index contributed by atoms with van der Waals surface area (Å²) in [5, 5.41) is 9.71. The van der Waals surface area contributed by atoms with Gasteiger partial charge in [-0.05, 0) is 72.4 Å². The Labute approximate surface area is 169 Å². The van der Waals surface area contributed by atoms with E-state index in [1.807, 2.05) is 0 Å². The number of carboxylic acids is 1. The van der Waals surface area contributed by atoms with Gasteiger partial charge in [0.2, 0.25) is 0 Å². The van der Waals surface area contributed by atoms with Crippen molar-refractivity contribution in [2.45, 2.75) is 64.2 Å². The van der Waals surface area contributed by atoms with E-state index >= 15 is 0 Å². The van der Waals surface area contributed by atoms with Crippen LogP contribution in [-0.4, -0.2) is 11.1 Å². The smallest absolute Gasteiger partial charge is 0.335 e. The summed E-state index contributed by atoms with van der Waals surface area (Å²) in [5.74, 6) is -4.46. The Balaban J connectivity index is 1.93. The van der Waals surface area contributed by atoms with Gasteiger partial charge in [0.15, 0.2) is 17.5 Å². The van der Waals surface area contributed by atoms with E-state index in [0.29, 0.717) is 17.0 Å². The first-order valence-corrected chi connectivity index (χ1v) is 10.4. The number of aromatic carboxylic acids is 1. The molecule has 0 bridgehead atoms. The minimum Gasteiger partial charge on any atom is -0.478 e. The third-order valence-corrected chi connectivity index (χ3v) is 6.10.